The lowest BCUT2D eigenvalue weighted by atomic mass is 9.97. The molecule has 0 bridgehead atoms. The van der Waals surface area contributed by atoms with Gasteiger partial charge in [-0.3, -0.25) is 4.79 Å². The summed E-state index contributed by atoms with van der Waals surface area (Å²) in [5.74, 6) is 0.659. The number of aromatic nitrogens is 1. The van der Waals surface area contributed by atoms with E-state index in [1.807, 2.05) is 23.1 Å². The van der Waals surface area contributed by atoms with Gasteiger partial charge in [-0.05, 0) is 43.7 Å². The van der Waals surface area contributed by atoms with Crippen LogP contribution < -0.4 is 5.32 Å². The van der Waals surface area contributed by atoms with E-state index in [0.29, 0.717) is 23.0 Å². The Kier molecular flexibility index (Phi) is 6.13. The highest BCUT2D eigenvalue weighted by Crippen LogP contribution is 2.31. The quantitative estimate of drug-likeness (QED) is 0.810. The Bertz CT molecular complexity index is 809. The normalized spacial score (nSPS) is 22.7. The molecule has 28 heavy (non-hydrogen) atoms. The van der Waals surface area contributed by atoms with E-state index in [1.165, 1.54) is 12.0 Å². The summed E-state index contributed by atoms with van der Waals surface area (Å²) in [6.07, 6.45) is 6.80. The summed E-state index contributed by atoms with van der Waals surface area (Å²) < 4.78 is 5.94. The minimum Gasteiger partial charge on any atom is -0.373 e. The second kappa shape index (κ2) is 8.93. The van der Waals surface area contributed by atoms with Crippen LogP contribution in [0.25, 0.3) is 0 Å². The zero-order chi connectivity index (χ0) is 19.3. The number of nitrogens with one attached hydrogen (secondary N) is 1. The SMILES string of the molecule is O=C(c1cnc(NC2CCOC(c3ccccc3)C2)c(Cl)c1)N1CCCCC1. The summed E-state index contributed by atoms with van der Waals surface area (Å²) >= 11 is 6.46. The third kappa shape index (κ3) is 4.47. The molecule has 0 saturated carbocycles. The smallest absolute Gasteiger partial charge is 0.255 e. The van der Waals surface area contributed by atoms with Gasteiger partial charge < -0.3 is 15.0 Å². The van der Waals surface area contributed by atoms with E-state index >= 15 is 0 Å². The number of pyridine rings is 1. The van der Waals surface area contributed by atoms with Crippen molar-refractivity contribution in [3.63, 3.8) is 0 Å². The monoisotopic (exact) mass is 399 g/mol. The number of piperidine rings is 1. The molecule has 1 amide bonds. The van der Waals surface area contributed by atoms with Crippen LogP contribution in [0.3, 0.4) is 0 Å². The van der Waals surface area contributed by atoms with Crippen molar-refractivity contribution in [2.45, 2.75) is 44.2 Å². The maximum absolute atomic E-state index is 12.6. The number of carbonyl (C=O) groups is 1. The van der Waals surface area contributed by atoms with E-state index in [1.54, 1.807) is 12.3 Å². The molecule has 1 aromatic heterocycles. The van der Waals surface area contributed by atoms with Crippen molar-refractivity contribution in [3.8, 4) is 0 Å². The summed E-state index contributed by atoms with van der Waals surface area (Å²) in [5.41, 5.74) is 1.75. The number of benzene rings is 1. The van der Waals surface area contributed by atoms with Crippen LogP contribution in [0.1, 0.15) is 54.1 Å². The molecule has 3 heterocycles. The summed E-state index contributed by atoms with van der Waals surface area (Å²) in [7, 11) is 0. The minimum atomic E-state index is 0.0239. The van der Waals surface area contributed by atoms with Gasteiger partial charge in [0.25, 0.3) is 5.91 Å². The van der Waals surface area contributed by atoms with Crippen LogP contribution in [0.4, 0.5) is 5.82 Å². The molecule has 6 heteroatoms. The molecule has 2 fully saturated rings. The van der Waals surface area contributed by atoms with E-state index in [2.05, 4.69) is 22.4 Å². The van der Waals surface area contributed by atoms with E-state index in [-0.39, 0.29) is 18.1 Å². The van der Waals surface area contributed by atoms with E-state index < -0.39 is 0 Å². The van der Waals surface area contributed by atoms with Crippen LogP contribution in [-0.4, -0.2) is 41.5 Å². The van der Waals surface area contributed by atoms with Crippen LogP contribution in [0.2, 0.25) is 5.02 Å². The average Bonchev–Trinajstić information content (AvgIpc) is 2.76. The van der Waals surface area contributed by atoms with Crippen molar-refractivity contribution in [1.29, 1.82) is 0 Å². The lowest BCUT2D eigenvalue weighted by Crippen LogP contribution is -2.35. The molecule has 148 valence electrons. The van der Waals surface area contributed by atoms with Gasteiger partial charge in [0.2, 0.25) is 0 Å². The molecule has 2 aromatic rings. The van der Waals surface area contributed by atoms with E-state index in [0.717, 1.165) is 38.8 Å². The van der Waals surface area contributed by atoms with Gasteiger partial charge >= 0.3 is 0 Å². The van der Waals surface area contributed by atoms with Crippen molar-refractivity contribution in [1.82, 2.24) is 9.88 Å². The fourth-order valence-corrected chi connectivity index (χ4v) is 4.18. The Morgan fingerprint density at radius 1 is 1.18 bits per heavy atom. The average molecular weight is 400 g/mol. The Morgan fingerprint density at radius 2 is 1.96 bits per heavy atom. The number of rotatable bonds is 4. The molecule has 1 N–H and O–H groups in total. The van der Waals surface area contributed by atoms with Crippen molar-refractivity contribution < 1.29 is 9.53 Å². The number of hydrogen-bond acceptors (Lipinski definition) is 4. The molecule has 2 aliphatic rings. The Balaban J connectivity index is 1.41. The largest absolute Gasteiger partial charge is 0.373 e. The standard InChI is InChI=1S/C22H26ClN3O2/c23-19-13-17(22(27)26-10-5-2-6-11-26)15-24-21(19)25-18-9-12-28-20(14-18)16-7-3-1-4-8-16/h1,3-4,7-8,13,15,18,20H,2,5-6,9-12,14H2,(H,24,25). The lowest BCUT2D eigenvalue weighted by molar-refractivity contribution is 0.00974. The van der Waals surface area contributed by atoms with Crippen LogP contribution >= 0.6 is 11.6 Å². The molecule has 0 radical (unpaired) electrons. The van der Waals surface area contributed by atoms with E-state index in [9.17, 15) is 4.79 Å². The van der Waals surface area contributed by atoms with Gasteiger partial charge in [-0.1, -0.05) is 41.9 Å². The predicted octanol–water partition coefficient (Wildman–Crippen LogP) is 4.69. The number of hydrogen-bond donors (Lipinski definition) is 1. The molecule has 1 aromatic carbocycles. The molecule has 2 aliphatic heterocycles. The first kappa shape index (κ1) is 19.2. The molecule has 2 unspecified atom stereocenters. The van der Waals surface area contributed by atoms with E-state index in [4.69, 9.17) is 16.3 Å². The predicted molar refractivity (Wildman–Crippen MR) is 111 cm³/mol. The molecule has 4 rings (SSSR count). The summed E-state index contributed by atoms with van der Waals surface area (Å²) in [6, 6.07) is 12.2. The first-order valence-corrected chi connectivity index (χ1v) is 10.5. The minimum absolute atomic E-state index is 0.0239. The number of anilines is 1. The lowest BCUT2D eigenvalue weighted by Gasteiger charge is -2.31. The van der Waals surface area contributed by atoms with Gasteiger partial charge in [0.05, 0.1) is 16.7 Å². The second-order valence-corrected chi connectivity index (χ2v) is 7.95. The van der Waals surface area contributed by atoms with Crippen LogP contribution in [-0.2, 0) is 4.74 Å². The zero-order valence-corrected chi connectivity index (χ0v) is 16.7. The maximum atomic E-state index is 12.6. The van der Waals surface area contributed by atoms with Gasteiger partial charge in [-0.25, -0.2) is 4.98 Å². The third-order valence-electron chi connectivity index (χ3n) is 5.53. The number of ether oxygens (including phenoxy) is 1. The highest BCUT2D eigenvalue weighted by Gasteiger charge is 2.25. The third-order valence-corrected chi connectivity index (χ3v) is 5.82. The Hall–Kier alpha value is -2.11. The second-order valence-electron chi connectivity index (χ2n) is 7.54. The molecule has 2 atom stereocenters. The zero-order valence-electron chi connectivity index (χ0n) is 15.9. The van der Waals surface area contributed by atoms with Crippen molar-refractivity contribution in [2.24, 2.45) is 0 Å². The number of likely N-dealkylation sites (tertiary alicyclic amines) is 1. The van der Waals surface area contributed by atoms with Gasteiger partial charge in [0.1, 0.15) is 5.82 Å². The highest BCUT2D eigenvalue weighted by molar-refractivity contribution is 6.33. The van der Waals surface area contributed by atoms with Crippen LogP contribution in [0, 0.1) is 0 Å². The van der Waals surface area contributed by atoms with Gasteiger partial charge in [-0.15, -0.1) is 0 Å². The van der Waals surface area contributed by atoms with Gasteiger partial charge in [0, 0.05) is 31.9 Å². The molecule has 0 spiro atoms. The van der Waals surface area contributed by atoms with Gasteiger partial charge in [-0.2, -0.15) is 0 Å². The van der Waals surface area contributed by atoms with Crippen LogP contribution in [0.5, 0.6) is 0 Å². The maximum Gasteiger partial charge on any atom is 0.255 e. The fraction of sp³-hybridized carbons (Fsp3) is 0.455. The van der Waals surface area contributed by atoms with Gasteiger partial charge in [0.15, 0.2) is 0 Å². The summed E-state index contributed by atoms with van der Waals surface area (Å²) in [5, 5.41) is 3.94. The number of nitrogens with zero attached hydrogens (tertiary/aromatic N) is 2. The fourth-order valence-electron chi connectivity index (χ4n) is 3.96. The molecule has 0 aliphatic carbocycles. The summed E-state index contributed by atoms with van der Waals surface area (Å²) in [4.78, 5) is 19.0. The number of carbonyl (C=O) groups excluding carboxylic acids is 1. The molecule has 2 saturated heterocycles. The summed E-state index contributed by atoms with van der Waals surface area (Å²) in [6.45, 7) is 2.33. The number of amides is 1. The molecular weight excluding hydrogens is 374 g/mol. The van der Waals surface area contributed by atoms with Crippen molar-refractivity contribution in [2.75, 3.05) is 25.0 Å². The molecule has 5 nitrogen and oxygen atoms in total. The highest BCUT2D eigenvalue weighted by atomic mass is 35.5. The Labute approximate surface area is 171 Å². The van der Waals surface area contributed by atoms with Crippen LogP contribution in [0.15, 0.2) is 42.6 Å². The Morgan fingerprint density at radius 3 is 2.71 bits per heavy atom. The molecular formula is C22H26ClN3O2. The first-order valence-electron chi connectivity index (χ1n) is 10.1. The topological polar surface area (TPSA) is 54.5 Å². The first-order chi connectivity index (χ1) is 13.7. The van der Waals surface area contributed by atoms with Crippen molar-refractivity contribution in [3.05, 3.63) is 58.7 Å². The van der Waals surface area contributed by atoms with Crippen molar-refractivity contribution >= 4 is 23.3 Å². The number of halogens is 1.